The summed E-state index contributed by atoms with van der Waals surface area (Å²) in [6.45, 7) is 3.72. The van der Waals surface area contributed by atoms with E-state index >= 15 is 0 Å². The van der Waals surface area contributed by atoms with Gasteiger partial charge in [-0.3, -0.25) is 9.69 Å². The van der Waals surface area contributed by atoms with E-state index in [4.69, 9.17) is 10.5 Å². The summed E-state index contributed by atoms with van der Waals surface area (Å²) in [5, 5.41) is 0. The van der Waals surface area contributed by atoms with Crippen molar-refractivity contribution in [2.24, 2.45) is 0 Å². The maximum absolute atomic E-state index is 13.4. The molecule has 0 bridgehead atoms. The van der Waals surface area contributed by atoms with E-state index in [9.17, 15) is 4.79 Å². The van der Waals surface area contributed by atoms with Gasteiger partial charge in [0, 0.05) is 50.1 Å². The van der Waals surface area contributed by atoms with Gasteiger partial charge in [-0.1, -0.05) is 30.3 Å². The molecule has 1 spiro atoms. The minimum absolute atomic E-state index is 0.00621. The van der Waals surface area contributed by atoms with Crippen LogP contribution in [0.2, 0.25) is 0 Å². The monoisotopic (exact) mass is 367 g/mol. The lowest BCUT2D eigenvalue weighted by Gasteiger charge is -2.51. The van der Waals surface area contributed by atoms with Gasteiger partial charge in [-0.25, -0.2) is 9.97 Å². The number of nitrogen functional groups attached to an aromatic ring is 1. The van der Waals surface area contributed by atoms with E-state index in [0.29, 0.717) is 24.3 Å². The van der Waals surface area contributed by atoms with Gasteiger partial charge in [-0.2, -0.15) is 0 Å². The highest BCUT2D eigenvalue weighted by molar-refractivity contribution is 6.00. The summed E-state index contributed by atoms with van der Waals surface area (Å²) in [7, 11) is 2.15. The summed E-state index contributed by atoms with van der Waals surface area (Å²) in [4.78, 5) is 26.2. The van der Waals surface area contributed by atoms with Crippen LogP contribution in [0.25, 0.3) is 11.3 Å². The molecule has 2 aliphatic heterocycles. The standard InChI is InChI=1S/C20H25N5O2/c1-24-9-10-25(14-20(24)7-11-27-12-8-20)18(26)16-13-22-19(21)23-17(16)15-5-3-2-4-6-15/h2-6,13H,7-12,14H2,1H3,(H2,21,22,23). The maximum Gasteiger partial charge on any atom is 0.257 e. The smallest absolute Gasteiger partial charge is 0.257 e. The van der Waals surface area contributed by atoms with Crippen LogP contribution in [-0.4, -0.2) is 71.1 Å². The number of carbonyl (C=O) groups is 1. The highest BCUT2D eigenvalue weighted by Crippen LogP contribution is 2.32. The average molecular weight is 367 g/mol. The molecule has 2 N–H and O–H groups in total. The Hall–Kier alpha value is -2.51. The second-order valence-corrected chi connectivity index (χ2v) is 7.34. The Morgan fingerprint density at radius 3 is 2.67 bits per heavy atom. The molecule has 7 nitrogen and oxygen atoms in total. The molecule has 0 atom stereocenters. The molecule has 2 fully saturated rings. The first-order valence-electron chi connectivity index (χ1n) is 9.35. The third-order valence-electron chi connectivity index (χ3n) is 5.80. The Labute approximate surface area is 159 Å². The van der Waals surface area contributed by atoms with Crippen LogP contribution in [0.4, 0.5) is 5.95 Å². The van der Waals surface area contributed by atoms with E-state index in [0.717, 1.165) is 38.2 Å². The van der Waals surface area contributed by atoms with Gasteiger partial charge in [0.2, 0.25) is 5.95 Å². The van der Waals surface area contributed by atoms with Crippen molar-refractivity contribution in [3.05, 3.63) is 42.1 Å². The predicted octanol–water partition coefficient (Wildman–Crippen LogP) is 1.66. The Morgan fingerprint density at radius 2 is 1.93 bits per heavy atom. The lowest BCUT2D eigenvalue weighted by Crippen LogP contribution is -2.63. The van der Waals surface area contributed by atoms with Gasteiger partial charge in [-0.15, -0.1) is 0 Å². The molecule has 0 unspecified atom stereocenters. The summed E-state index contributed by atoms with van der Waals surface area (Å²) < 4.78 is 5.55. The average Bonchev–Trinajstić information content (AvgIpc) is 2.71. The number of ether oxygens (including phenoxy) is 1. The van der Waals surface area contributed by atoms with E-state index in [2.05, 4.69) is 21.9 Å². The molecule has 27 heavy (non-hydrogen) atoms. The SMILES string of the molecule is CN1CCN(C(=O)c2cnc(N)nc2-c2ccccc2)CC12CCOCC2. The summed E-state index contributed by atoms with van der Waals surface area (Å²) in [6.07, 6.45) is 3.44. The molecule has 3 heterocycles. The predicted molar refractivity (Wildman–Crippen MR) is 103 cm³/mol. The largest absolute Gasteiger partial charge is 0.381 e. The molecule has 2 saturated heterocycles. The molecule has 7 heteroatoms. The van der Waals surface area contributed by atoms with Gasteiger partial charge in [0.1, 0.15) is 0 Å². The fourth-order valence-corrected chi connectivity index (χ4v) is 4.07. The Morgan fingerprint density at radius 1 is 1.19 bits per heavy atom. The number of anilines is 1. The highest BCUT2D eigenvalue weighted by atomic mass is 16.5. The van der Waals surface area contributed by atoms with Gasteiger partial charge < -0.3 is 15.4 Å². The van der Waals surface area contributed by atoms with Crippen LogP contribution < -0.4 is 5.73 Å². The number of benzene rings is 1. The molecule has 0 saturated carbocycles. The fourth-order valence-electron chi connectivity index (χ4n) is 4.07. The molecule has 1 amide bonds. The van der Waals surface area contributed by atoms with E-state index in [1.807, 2.05) is 35.2 Å². The van der Waals surface area contributed by atoms with Gasteiger partial charge in [-0.05, 0) is 19.9 Å². The minimum Gasteiger partial charge on any atom is -0.381 e. The van der Waals surface area contributed by atoms with Crippen LogP contribution in [-0.2, 0) is 4.74 Å². The van der Waals surface area contributed by atoms with Crippen molar-refractivity contribution in [1.82, 2.24) is 19.8 Å². The lowest BCUT2D eigenvalue weighted by molar-refractivity contribution is -0.0543. The van der Waals surface area contributed by atoms with Crippen molar-refractivity contribution in [3.63, 3.8) is 0 Å². The second kappa shape index (κ2) is 7.25. The van der Waals surface area contributed by atoms with Gasteiger partial charge >= 0.3 is 0 Å². The molecule has 0 aliphatic carbocycles. The normalized spacial score (nSPS) is 20.0. The first kappa shape index (κ1) is 17.9. The molecule has 4 rings (SSSR count). The zero-order chi connectivity index (χ0) is 18.9. The summed E-state index contributed by atoms with van der Waals surface area (Å²) in [5.41, 5.74) is 7.76. The number of nitrogens with two attached hydrogens (primary N) is 1. The lowest BCUT2D eigenvalue weighted by atomic mass is 9.85. The van der Waals surface area contributed by atoms with E-state index in [-0.39, 0.29) is 17.4 Å². The Bertz CT molecular complexity index is 820. The molecular formula is C20H25N5O2. The van der Waals surface area contributed by atoms with Crippen molar-refractivity contribution in [2.45, 2.75) is 18.4 Å². The van der Waals surface area contributed by atoms with Crippen molar-refractivity contribution in [1.29, 1.82) is 0 Å². The summed E-state index contributed by atoms with van der Waals surface area (Å²) in [6, 6.07) is 9.65. The number of likely N-dealkylation sites (N-methyl/N-ethyl adjacent to an activating group) is 1. The molecular weight excluding hydrogens is 342 g/mol. The van der Waals surface area contributed by atoms with Crippen molar-refractivity contribution < 1.29 is 9.53 Å². The minimum atomic E-state index is -0.0344. The third-order valence-corrected chi connectivity index (χ3v) is 5.80. The van der Waals surface area contributed by atoms with Gasteiger partial charge in [0.25, 0.3) is 5.91 Å². The number of piperazine rings is 1. The van der Waals surface area contributed by atoms with E-state index in [1.54, 1.807) is 6.20 Å². The zero-order valence-electron chi connectivity index (χ0n) is 15.6. The highest BCUT2D eigenvalue weighted by Gasteiger charge is 2.42. The van der Waals surface area contributed by atoms with Crippen molar-refractivity contribution in [3.8, 4) is 11.3 Å². The number of hydrogen-bond acceptors (Lipinski definition) is 6. The molecule has 1 aromatic heterocycles. The second-order valence-electron chi connectivity index (χ2n) is 7.34. The third kappa shape index (κ3) is 3.40. The Kier molecular flexibility index (Phi) is 4.80. The van der Waals surface area contributed by atoms with Crippen molar-refractivity contribution >= 4 is 11.9 Å². The fraction of sp³-hybridized carbons (Fsp3) is 0.450. The van der Waals surface area contributed by atoms with E-state index < -0.39 is 0 Å². The molecule has 1 aromatic carbocycles. The van der Waals surface area contributed by atoms with Gasteiger partial charge in [0.05, 0.1) is 11.3 Å². The summed E-state index contributed by atoms with van der Waals surface area (Å²) in [5.74, 6) is 0.137. The quantitative estimate of drug-likeness (QED) is 0.869. The summed E-state index contributed by atoms with van der Waals surface area (Å²) >= 11 is 0. The molecule has 142 valence electrons. The first-order valence-corrected chi connectivity index (χ1v) is 9.35. The number of aromatic nitrogens is 2. The van der Waals surface area contributed by atoms with E-state index in [1.165, 1.54) is 0 Å². The molecule has 2 aliphatic rings. The number of nitrogens with zero attached hydrogens (tertiary/aromatic N) is 4. The van der Waals surface area contributed by atoms with Crippen LogP contribution in [0, 0.1) is 0 Å². The van der Waals surface area contributed by atoms with Crippen LogP contribution in [0.1, 0.15) is 23.2 Å². The Balaban J connectivity index is 1.65. The van der Waals surface area contributed by atoms with Crippen molar-refractivity contribution in [2.75, 3.05) is 45.6 Å². The number of rotatable bonds is 2. The van der Waals surface area contributed by atoms with Crippen LogP contribution in [0.3, 0.4) is 0 Å². The molecule has 2 aromatic rings. The number of carbonyl (C=O) groups excluding carboxylic acids is 1. The topological polar surface area (TPSA) is 84.6 Å². The molecule has 0 radical (unpaired) electrons. The zero-order valence-corrected chi connectivity index (χ0v) is 15.6. The maximum atomic E-state index is 13.4. The number of amides is 1. The van der Waals surface area contributed by atoms with Crippen LogP contribution >= 0.6 is 0 Å². The first-order chi connectivity index (χ1) is 13.1. The van der Waals surface area contributed by atoms with Gasteiger partial charge in [0.15, 0.2) is 0 Å². The van der Waals surface area contributed by atoms with Crippen LogP contribution in [0.15, 0.2) is 36.5 Å². The number of hydrogen-bond donors (Lipinski definition) is 1. The van der Waals surface area contributed by atoms with Crippen LogP contribution in [0.5, 0.6) is 0 Å².